The predicted molar refractivity (Wildman–Crippen MR) is 63.5 cm³/mol. The van der Waals surface area contributed by atoms with Gasteiger partial charge in [0.05, 0.1) is 5.00 Å². The van der Waals surface area contributed by atoms with E-state index in [2.05, 4.69) is 17.4 Å². The highest BCUT2D eigenvalue weighted by atomic mass is 32.1. The lowest BCUT2D eigenvalue weighted by Gasteiger charge is -2.02. The zero-order valence-electron chi connectivity index (χ0n) is 8.14. The molecule has 0 bridgehead atoms. The van der Waals surface area contributed by atoms with Gasteiger partial charge in [0.25, 0.3) is 0 Å². The summed E-state index contributed by atoms with van der Waals surface area (Å²) < 4.78 is 0. The van der Waals surface area contributed by atoms with Gasteiger partial charge >= 0.3 is 0 Å². The van der Waals surface area contributed by atoms with E-state index in [9.17, 15) is 4.79 Å². The molecule has 0 unspecified atom stereocenters. The van der Waals surface area contributed by atoms with Crippen LogP contribution < -0.4 is 5.32 Å². The van der Waals surface area contributed by atoms with Crippen LogP contribution in [0.15, 0.2) is 41.8 Å². The first-order valence-electron chi connectivity index (χ1n) is 4.70. The molecule has 0 saturated heterocycles. The van der Waals surface area contributed by atoms with Gasteiger partial charge in [-0.3, -0.25) is 4.79 Å². The second-order valence-corrected chi connectivity index (χ2v) is 4.11. The van der Waals surface area contributed by atoms with Gasteiger partial charge in [0.1, 0.15) is 0 Å². The second-order valence-electron chi connectivity index (χ2n) is 3.20. The number of hydrogen-bond donors (Lipinski definition) is 1. The Balaban J connectivity index is 1.96. The Hall–Kier alpha value is -1.61. The molecule has 3 heteroatoms. The topological polar surface area (TPSA) is 29.1 Å². The van der Waals surface area contributed by atoms with Crippen LogP contribution in [0.1, 0.15) is 15.9 Å². The Bertz CT molecular complexity index is 436. The van der Waals surface area contributed by atoms with Crippen molar-refractivity contribution in [3.63, 3.8) is 0 Å². The van der Waals surface area contributed by atoms with Gasteiger partial charge in [0.2, 0.25) is 0 Å². The average Bonchev–Trinajstić information content (AvgIpc) is 2.76. The molecule has 1 aromatic heterocycles. The van der Waals surface area contributed by atoms with E-state index in [1.165, 1.54) is 5.56 Å². The van der Waals surface area contributed by atoms with Gasteiger partial charge in [-0.15, -0.1) is 11.3 Å². The number of anilines is 1. The lowest BCUT2D eigenvalue weighted by atomic mass is 10.2. The summed E-state index contributed by atoms with van der Waals surface area (Å²) in [5.74, 6) is 0. The van der Waals surface area contributed by atoms with Crippen molar-refractivity contribution in [1.29, 1.82) is 0 Å². The Kier molecular flexibility index (Phi) is 3.15. The van der Waals surface area contributed by atoms with Gasteiger partial charge < -0.3 is 5.32 Å². The first kappa shape index (κ1) is 9.93. The maximum Gasteiger partial charge on any atom is 0.150 e. The standard InChI is InChI=1S/C12H11NOS/c14-8-11-6-12(15-9-11)13-7-10-4-2-1-3-5-10/h1-6,8-9,13H,7H2. The third-order valence-electron chi connectivity index (χ3n) is 2.07. The SMILES string of the molecule is O=Cc1csc(NCc2ccccc2)c1. The lowest BCUT2D eigenvalue weighted by Crippen LogP contribution is -1.96. The molecule has 0 amide bonds. The fourth-order valence-electron chi connectivity index (χ4n) is 1.29. The zero-order chi connectivity index (χ0) is 10.5. The molecule has 15 heavy (non-hydrogen) atoms. The smallest absolute Gasteiger partial charge is 0.150 e. The molecule has 0 aliphatic carbocycles. The molecular weight excluding hydrogens is 206 g/mol. The maximum absolute atomic E-state index is 10.5. The summed E-state index contributed by atoms with van der Waals surface area (Å²) in [4.78, 5) is 10.5. The highest BCUT2D eigenvalue weighted by molar-refractivity contribution is 7.14. The van der Waals surface area contributed by atoms with Gasteiger partial charge in [-0.1, -0.05) is 30.3 Å². The normalized spacial score (nSPS) is 9.87. The van der Waals surface area contributed by atoms with E-state index in [0.29, 0.717) is 0 Å². The number of benzene rings is 1. The van der Waals surface area contributed by atoms with Crippen molar-refractivity contribution >= 4 is 22.6 Å². The van der Waals surface area contributed by atoms with Crippen molar-refractivity contribution in [1.82, 2.24) is 0 Å². The summed E-state index contributed by atoms with van der Waals surface area (Å²) in [6.07, 6.45) is 0.865. The molecule has 76 valence electrons. The zero-order valence-corrected chi connectivity index (χ0v) is 8.96. The Morgan fingerprint density at radius 3 is 2.73 bits per heavy atom. The predicted octanol–water partition coefficient (Wildman–Crippen LogP) is 3.17. The monoisotopic (exact) mass is 217 g/mol. The number of nitrogens with one attached hydrogen (secondary N) is 1. The summed E-state index contributed by atoms with van der Waals surface area (Å²) in [5.41, 5.74) is 1.97. The van der Waals surface area contributed by atoms with Crippen molar-refractivity contribution < 1.29 is 4.79 Å². The Labute approximate surface area is 92.6 Å². The van der Waals surface area contributed by atoms with Crippen LogP contribution in [0, 0.1) is 0 Å². The molecular formula is C12H11NOS. The van der Waals surface area contributed by atoms with Crippen LogP contribution in [-0.2, 0) is 6.54 Å². The van der Waals surface area contributed by atoms with E-state index < -0.39 is 0 Å². The highest BCUT2D eigenvalue weighted by Gasteiger charge is 1.97. The number of hydrogen-bond acceptors (Lipinski definition) is 3. The number of rotatable bonds is 4. The number of aldehydes is 1. The fourth-order valence-corrected chi connectivity index (χ4v) is 2.04. The van der Waals surface area contributed by atoms with E-state index in [-0.39, 0.29) is 0 Å². The van der Waals surface area contributed by atoms with Crippen molar-refractivity contribution in [3.05, 3.63) is 52.9 Å². The van der Waals surface area contributed by atoms with Crippen LogP contribution in [0.3, 0.4) is 0 Å². The van der Waals surface area contributed by atoms with Crippen LogP contribution >= 0.6 is 11.3 Å². The van der Waals surface area contributed by atoms with Crippen LogP contribution in [0.5, 0.6) is 0 Å². The molecule has 0 saturated carbocycles. The van der Waals surface area contributed by atoms with Crippen molar-refractivity contribution in [2.75, 3.05) is 5.32 Å². The maximum atomic E-state index is 10.5. The highest BCUT2D eigenvalue weighted by Crippen LogP contribution is 2.19. The minimum Gasteiger partial charge on any atom is -0.373 e. The number of thiophene rings is 1. The largest absolute Gasteiger partial charge is 0.373 e. The lowest BCUT2D eigenvalue weighted by molar-refractivity contribution is 0.112. The summed E-state index contributed by atoms with van der Waals surface area (Å²) in [5, 5.41) is 6.15. The third kappa shape index (κ3) is 2.67. The van der Waals surface area contributed by atoms with Gasteiger partial charge in [0, 0.05) is 17.5 Å². The van der Waals surface area contributed by atoms with E-state index >= 15 is 0 Å². The molecule has 0 atom stereocenters. The molecule has 2 rings (SSSR count). The Morgan fingerprint density at radius 1 is 1.27 bits per heavy atom. The van der Waals surface area contributed by atoms with Gasteiger partial charge in [-0.05, 0) is 11.6 Å². The quantitative estimate of drug-likeness (QED) is 0.797. The average molecular weight is 217 g/mol. The summed E-state index contributed by atoms with van der Waals surface area (Å²) in [6.45, 7) is 0.791. The van der Waals surface area contributed by atoms with Crippen LogP contribution in [0.4, 0.5) is 5.00 Å². The van der Waals surface area contributed by atoms with E-state index in [1.54, 1.807) is 11.3 Å². The molecule has 0 aliphatic heterocycles. The number of carbonyl (C=O) groups is 1. The summed E-state index contributed by atoms with van der Waals surface area (Å²) in [6, 6.07) is 12.0. The van der Waals surface area contributed by atoms with Crippen LogP contribution in [0.2, 0.25) is 0 Å². The van der Waals surface area contributed by atoms with E-state index in [0.717, 1.165) is 23.4 Å². The van der Waals surface area contributed by atoms with Crippen LogP contribution in [-0.4, -0.2) is 6.29 Å². The molecule has 0 aliphatic rings. The number of carbonyl (C=O) groups excluding carboxylic acids is 1. The van der Waals surface area contributed by atoms with Gasteiger partial charge in [0.15, 0.2) is 6.29 Å². The molecule has 0 fully saturated rings. The minimum atomic E-state index is 0.732. The van der Waals surface area contributed by atoms with Crippen molar-refractivity contribution in [3.8, 4) is 0 Å². The van der Waals surface area contributed by atoms with E-state index in [1.807, 2.05) is 29.6 Å². The molecule has 2 aromatic rings. The minimum absolute atomic E-state index is 0.732. The first-order valence-corrected chi connectivity index (χ1v) is 5.58. The van der Waals surface area contributed by atoms with Crippen molar-refractivity contribution in [2.45, 2.75) is 6.54 Å². The summed E-state index contributed by atoms with van der Waals surface area (Å²) >= 11 is 1.55. The molecule has 1 aromatic carbocycles. The molecule has 0 spiro atoms. The first-order chi connectivity index (χ1) is 7.38. The van der Waals surface area contributed by atoms with Crippen molar-refractivity contribution in [2.24, 2.45) is 0 Å². The third-order valence-corrected chi connectivity index (χ3v) is 2.97. The molecule has 2 nitrogen and oxygen atoms in total. The Morgan fingerprint density at radius 2 is 2.07 bits per heavy atom. The molecule has 1 N–H and O–H groups in total. The fraction of sp³-hybridized carbons (Fsp3) is 0.0833. The van der Waals surface area contributed by atoms with Gasteiger partial charge in [-0.25, -0.2) is 0 Å². The van der Waals surface area contributed by atoms with Gasteiger partial charge in [-0.2, -0.15) is 0 Å². The second kappa shape index (κ2) is 4.75. The molecule has 1 heterocycles. The van der Waals surface area contributed by atoms with Crippen LogP contribution in [0.25, 0.3) is 0 Å². The summed E-state index contributed by atoms with van der Waals surface area (Å²) in [7, 11) is 0. The molecule has 0 radical (unpaired) electrons. The van der Waals surface area contributed by atoms with E-state index in [4.69, 9.17) is 0 Å².